The van der Waals surface area contributed by atoms with Gasteiger partial charge in [0, 0.05) is 22.8 Å². The van der Waals surface area contributed by atoms with Crippen LogP contribution in [-0.2, 0) is 11.2 Å². The Bertz CT molecular complexity index is 561. The van der Waals surface area contributed by atoms with Crippen LogP contribution >= 0.6 is 0 Å². The van der Waals surface area contributed by atoms with E-state index in [1.807, 2.05) is 6.92 Å². The van der Waals surface area contributed by atoms with E-state index in [1.54, 1.807) is 18.3 Å². The van der Waals surface area contributed by atoms with Crippen LogP contribution in [0.3, 0.4) is 0 Å². The molecule has 0 aliphatic carbocycles. The first-order valence-corrected chi connectivity index (χ1v) is 4.90. The van der Waals surface area contributed by atoms with Crippen LogP contribution in [0.4, 0.5) is 4.39 Å². The molecule has 0 spiro atoms. The van der Waals surface area contributed by atoms with Gasteiger partial charge in [0.1, 0.15) is 5.82 Å². The lowest BCUT2D eigenvalue weighted by atomic mass is 10.0. The van der Waals surface area contributed by atoms with Crippen molar-refractivity contribution in [1.82, 2.24) is 4.98 Å². The monoisotopic (exact) mass is 218 g/mol. The molecular formula is C12H11FN2O. The summed E-state index contributed by atoms with van der Waals surface area (Å²) in [5, 5.41) is 1.51. The molecule has 2 N–H and O–H groups in total. The zero-order valence-corrected chi connectivity index (χ0v) is 8.83. The maximum Gasteiger partial charge on any atom is 0.221 e. The average molecular weight is 218 g/mol. The smallest absolute Gasteiger partial charge is 0.221 e. The largest absolute Gasteiger partial charge is 0.369 e. The van der Waals surface area contributed by atoms with E-state index in [-0.39, 0.29) is 6.42 Å². The van der Waals surface area contributed by atoms with E-state index in [2.05, 4.69) is 4.98 Å². The number of primary amides is 1. The lowest BCUT2D eigenvalue weighted by Crippen LogP contribution is -2.15. The number of aryl methyl sites for hydroxylation is 1. The Morgan fingerprint density at radius 3 is 2.94 bits per heavy atom. The summed E-state index contributed by atoms with van der Waals surface area (Å²) >= 11 is 0. The third-order valence-electron chi connectivity index (χ3n) is 2.45. The first kappa shape index (κ1) is 10.5. The number of hydrogen-bond acceptors (Lipinski definition) is 2. The van der Waals surface area contributed by atoms with E-state index in [4.69, 9.17) is 5.73 Å². The van der Waals surface area contributed by atoms with Crippen LogP contribution in [0.5, 0.6) is 0 Å². The van der Waals surface area contributed by atoms with E-state index in [9.17, 15) is 9.18 Å². The van der Waals surface area contributed by atoms with Gasteiger partial charge in [-0.15, -0.1) is 0 Å². The lowest BCUT2D eigenvalue weighted by molar-refractivity contribution is -0.117. The summed E-state index contributed by atoms with van der Waals surface area (Å²) in [6, 6.07) is 4.73. The van der Waals surface area contributed by atoms with Gasteiger partial charge in [-0.2, -0.15) is 0 Å². The van der Waals surface area contributed by atoms with E-state index >= 15 is 0 Å². The van der Waals surface area contributed by atoms with Crippen LogP contribution in [0, 0.1) is 12.7 Å². The Morgan fingerprint density at radius 1 is 1.50 bits per heavy atom. The number of amides is 1. The number of fused-ring (bicyclic) bond motifs is 1. The molecule has 2 aromatic rings. The molecule has 1 heterocycles. The summed E-state index contributed by atoms with van der Waals surface area (Å²) in [4.78, 5) is 15.0. The molecule has 16 heavy (non-hydrogen) atoms. The summed E-state index contributed by atoms with van der Waals surface area (Å²) < 4.78 is 13.6. The predicted molar refractivity (Wildman–Crippen MR) is 59.3 cm³/mol. The Kier molecular flexibility index (Phi) is 2.56. The fourth-order valence-corrected chi connectivity index (χ4v) is 1.71. The topological polar surface area (TPSA) is 56.0 Å². The molecule has 0 saturated heterocycles. The first-order valence-electron chi connectivity index (χ1n) is 4.90. The molecule has 3 nitrogen and oxygen atoms in total. The van der Waals surface area contributed by atoms with Crippen molar-refractivity contribution in [1.29, 1.82) is 0 Å². The van der Waals surface area contributed by atoms with Gasteiger partial charge in [0.05, 0.1) is 6.42 Å². The van der Waals surface area contributed by atoms with Crippen molar-refractivity contribution in [3.8, 4) is 0 Å². The van der Waals surface area contributed by atoms with Gasteiger partial charge in [-0.3, -0.25) is 9.78 Å². The molecule has 0 aliphatic rings. The Morgan fingerprint density at radius 2 is 2.25 bits per heavy atom. The molecule has 0 saturated carbocycles. The van der Waals surface area contributed by atoms with Crippen molar-refractivity contribution < 1.29 is 9.18 Å². The number of nitrogens with zero attached hydrogens (tertiary/aromatic N) is 1. The molecule has 1 aromatic heterocycles. The van der Waals surface area contributed by atoms with Crippen LogP contribution in [0.2, 0.25) is 0 Å². The number of pyridine rings is 1. The Balaban J connectivity index is 2.72. The van der Waals surface area contributed by atoms with Gasteiger partial charge in [0.15, 0.2) is 0 Å². The van der Waals surface area contributed by atoms with Gasteiger partial charge in [-0.1, -0.05) is 0 Å². The van der Waals surface area contributed by atoms with Crippen molar-refractivity contribution in [2.24, 2.45) is 5.73 Å². The van der Waals surface area contributed by atoms with Gasteiger partial charge in [-0.05, 0) is 30.5 Å². The molecule has 0 aliphatic heterocycles. The molecule has 0 unspecified atom stereocenters. The normalized spacial score (nSPS) is 10.6. The van der Waals surface area contributed by atoms with Gasteiger partial charge in [-0.25, -0.2) is 4.39 Å². The second kappa shape index (κ2) is 3.89. The fraction of sp³-hybridized carbons (Fsp3) is 0.167. The quantitative estimate of drug-likeness (QED) is 0.834. The van der Waals surface area contributed by atoms with Crippen LogP contribution in [0.1, 0.15) is 11.3 Å². The highest BCUT2D eigenvalue weighted by molar-refractivity contribution is 5.89. The second-order valence-electron chi connectivity index (χ2n) is 3.72. The summed E-state index contributed by atoms with van der Waals surface area (Å²) in [6.45, 7) is 1.82. The van der Waals surface area contributed by atoms with Crippen molar-refractivity contribution in [2.75, 3.05) is 0 Å². The molecule has 82 valence electrons. The van der Waals surface area contributed by atoms with Gasteiger partial charge in [0.2, 0.25) is 5.91 Å². The molecule has 0 atom stereocenters. The molecule has 4 heteroatoms. The maximum atomic E-state index is 13.6. The molecular weight excluding hydrogens is 207 g/mol. The second-order valence-corrected chi connectivity index (χ2v) is 3.72. The summed E-state index contributed by atoms with van der Waals surface area (Å²) in [5.74, 6) is -0.947. The molecule has 0 bridgehead atoms. The molecule has 1 amide bonds. The van der Waals surface area contributed by atoms with E-state index in [0.29, 0.717) is 10.9 Å². The van der Waals surface area contributed by atoms with E-state index in [1.165, 1.54) is 6.07 Å². The zero-order chi connectivity index (χ0) is 11.7. The number of rotatable bonds is 2. The number of halogens is 1. The maximum absolute atomic E-state index is 13.6. The minimum absolute atomic E-state index is 0.0906. The number of hydrogen-bond donors (Lipinski definition) is 1. The summed E-state index contributed by atoms with van der Waals surface area (Å²) in [7, 11) is 0. The SMILES string of the molecule is Cc1cc2c(CC(N)=O)c(F)ccc2cn1. The first-order chi connectivity index (χ1) is 7.58. The summed E-state index contributed by atoms with van der Waals surface area (Å²) in [5.41, 5.74) is 6.23. The lowest BCUT2D eigenvalue weighted by Gasteiger charge is -2.06. The third-order valence-corrected chi connectivity index (χ3v) is 2.45. The Hall–Kier alpha value is -1.97. The minimum atomic E-state index is -0.541. The minimum Gasteiger partial charge on any atom is -0.369 e. The van der Waals surface area contributed by atoms with Crippen molar-refractivity contribution in [2.45, 2.75) is 13.3 Å². The van der Waals surface area contributed by atoms with E-state index < -0.39 is 11.7 Å². The van der Waals surface area contributed by atoms with Crippen LogP contribution in [0.15, 0.2) is 24.4 Å². The van der Waals surface area contributed by atoms with Crippen molar-refractivity contribution in [3.63, 3.8) is 0 Å². The number of carbonyl (C=O) groups excluding carboxylic acids is 1. The number of benzene rings is 1. The fourth-order valence-electron chi connectivity index (χ4n) is 1.71. The van der Waals surface area contributed by atoms with Crippen molar-refractivity contribution in [3.05, 3.63) is 41.5 Å². The number of carbonyl (C=O) groups is 1. The van der Waals surface area contributed by atoms with E-state index in [0.717, 1.165) is 11.1 Å². The van der Waals surface area contributed by atoms with Gasteiger partial charge < -0.3 is 5.73 Å². The van der Waals surface area contributed by atoms with Crippen molar-refractivity contribution >= 4 is 16.7 Å². The standard InChI is InChI=1S/C12H11FN2O/c1-7-4-9-8(6-15-7)2-3-11(13)10(9)5-12(14)16/h2-4,6H,5H2,1H3,(H2,14,16). The Labute approximate surface area is 92.1 Å². The van der Waals surface area contributed by atoms with Crippen LogP contribution in [-0.4, -0.2) is 10.9 Å². The number of aromatic nitrogens is 1. The van der Waals surface area contributed by atoms with Gasteiger partial charge >= 0.3 is 0 Å². The highest BCUT2D eigenvalue weighted by Gasteiger charge is 2.10. The number of nitrogens with two attached hydrogens (primary N) is 1. The van der Waals surface area contributed by atoms with Crippen LogP contribution in [0.25, 0.3) is 10.8 Å². The molecule has 2 rings (SSSR count). The zero-order valence-electron chi connectivity index (χ0n) is 8.83. The highest BCUT2D eigenvalue weighted by Crippen LogP contribution is 2.22. The molecule has 0 fully saturated rings. The molecule has 1 aromatic carbocycles. The predicted octanol–water partition coefficient (Wildman–Crippen LogP) is 1.71. The third kappa shape index (κ3) is 1.86. The van der Waals surface area contributed by atoms with Gasteiger partial charge in [0.25, 0.3) is 0 Å². The summed E-state index contributed by atoms with van der Waals surface area (Å²) in [6.07, 6.45) is 1.57. The average Bonchev–Trinajstić information content (AvgIpc) is 2.22. The van der Waals surface area contributed by atoms with Crippen LogP contribution < -0.4 is 5.73 Å². The highest BCUT2D eigenvalue weighted by atomic mass is 19.1. The molecule has 0 radical (unpaired) electrons.